The summed E-state index contributed by atoms with van der Waals surface area (Å²) in [5.41, 5.74) is -0.0714. The minimum absolute atomic E-state index is 0.0714. The number of thioether (sulfide) groups is 1. The van der Waals surface area contributed by atoms with Crippen molar-refractivity contribution in [2.75, 3.05) is 5.75 Å². The van der Waals surface area contributed by atoms with Crippen LogP contribution in [-0.4, -0.2) is 26.4 Å². The molecule has 2 aromatic heterocycles. The molecule has 0 saturated carbocycles. The highest BCUT2D eigenvalue weighted by Gasteiger charge is 2.13. The molecule has 0 aliphatic carbocycles. The normalized spacial score (nSPS) is 11.4. The molecule has 0 aliphatic heterocycles. The first-order chi connectivity index (χ1) is 9.99. The molecule has 2 rings (SSSR count). The number of carboxylic acids is 1. The van der Waals surface area contributed by atoms with Crippen molar-refractivity contribution in [1.82, 2.24) is 9.55 Å². The second-order valence-corrected chi connectivity index (χ2v) is 7.05. The molecule has 114 valence electrons. The minimum atomic E-state index is -0.908. The molecule has 0 atom stereocenters. The van der Waals surface area contributed by atoms with Gasteiger partial charge in [0.1, 0.15) is 4.83 Å². The highest BCUT2D eigenvalue weighted by Crippen LogP contribution is 2.21. The number of hydrogen-bond acceptors (Lipinski definition) is 5. The Morgan fingerprint density at radius 3 is 2.95 bits per heavy atom. The summed E-state index contributed by atoms with van der Waals surface area (Å²) in [6.07, 6.45) is 1.91. The van der Waals surface area contributed by atoms with Crippen molar-refractivity contribution < 1.29 is 9.90 Å². The molecule has 2 heterocycles. The molecule has 0 radical (unpaired) electrons. The van der Waals surface area contributed by atoms with E-state index in [1.54, 1.807) is 10.6 Å². The number of rotatable bonds is 7. The number of hydrogen-bond donors (Lipinski definition) is 1. The first-order valence-corrected chi connectivity index (χ1v) is 8.68. The standard InChI is InChI=1S/C14H18N2O3S2/c1-9(2)4-3-6-16-13(19)10-5-7-20-12(10)15-14(16)21-8-11(17)18/h5,7,9H,3-4,6,8H2,1-2H3,(H,17,18). The lowest BCUT2D eigenvalue weighted by Crippen LogP contribution is -2.23. The number of aromatic nitrogens is 2. The van der Waals surface area contributed by atoms with Gasteiger partial charge in [-0.2, -0.15) is 0 Å². The molecule has 0 bridgehead atoms. The molecule has 7 heteroatoms. The van der Waals surface area contributed by atoms with Crippen LogP contribution >= 0.6 is 23.1 Å². The van der Waals surface area contributed by atoms with Crippen LogP contribution in [0.3, 0.4) is 0 Å². The van der Waals surface area contributed by atoms with Crippen molar-refractivity contribution in [3.63, 3.8) is 0 Å². The van der Waals surface area contributed by atoms with E-state index in [0.29, 0.717) is 27.8 Å². The van der Waals surface area contributed by atoms with Crippen LogP contribution in [0.5, 0.6) is 0 Å². The number of fused-ring (bicyclic) bond motifs is 1. The van der Waals surface area contributed by atoms with Gasteiger partial charge in [-0.25, -0.2) is 4.98 Å². The third-order valence-corrected chi connectivity index (χ3v) is 4.80. The summed E-state index contributed by atoms with van der Waals surface area (Å²) in [6.45, 7) is 4.87. The van der Waals surface area contributed by atoms with Crippen LogP contribution in [0, 0.1) is 5.92 Å². The zero-order valence-corrected chi connectivity index (χ0v) is 13.7. The van der Waals surface area contributed by atoms with Crippen LogP contribution in [0.4, 0.5) is 0 Å². The van der Waals surface area contributed by atoms with Crippen molar-refractivity contribution >= 4 is 39.3 Å². The van der Waals surface area contributed by atoms with Crippen LogP contribution in [-0.2, 0) is 11.3 Å². The van der Waals surface area contributed by atoms with E-state index in [1.807, 2.05) is 5.38 Å². The molecule has 0 spiro atoms. The van der Waals surface area contributed by atoms with Crippen LogP contribution in [0.1, 0.15) is 26.7 Å². The zero-order valence-electron chi connectivity index (χ0n) is 12.0. The quantitative estimate of drug-likeness (QED) is 0.625. The molecular weight excluding hydrogens is 308 g/mol. The Hall–Kier alpha value is -1.34. The lowest BCUT2D eigenvalue weighted by molar-refractivity contribution is -0.133. The van der Waals surface area contributed by atoms with Gasteiger partial charge < -0.3 is 5.11 Å². The number of carbonyl (C=O) groups is 1. The Labute approximate surface area is 131 Å². The van der Waals surface area contributed by atoms with E-state index in [2.05, 4.69) is 18.8 Å². The van der Waals surface area contributed by atoms with E-state index >= 15 is 0 Å². The summed E-state index contributed by atoms with van der Waals surface area (Å²) in [6, 6.07) is 1.78. The summed E-state index contributed by atoms with van der Waals surface area (Å²) in [5, 5.41) is 11.8. The van der Waals surface area contributed by atoms with Gasteiger partial charge in [0, 0.05) is 6.54 Å². The molecular formula is C14H18N2O3S2. The summed E-state index contributed by atoms with van der Waals surface area (Å²) < 4.78 is 1.62. The second kappa shape index (κ2) is 7.09. The summed E-state index contributed by atoms with van der Waals surface area (Å²) >= 11 is 2.51. The van der Waals surface area contributed by atoms with Crippen molar-refractivity contribution in [1.29, 1.82) is 0 Å². The molecule has 0 saturated heterocycles. The number of thiophene rings is 1. The number of nitrogens with zero attached hydrogens (tertiary/aromatic N) is 2. The van der Waals surface area contributed by atoms with Gasteiger partial charge in [-0.1, -0.05) is 25.6 Å². The SMILES string of the molecule is CC(C)CCCn1c(SCC(=O)O)nc2sccc2c1=O. The van der Waals surface area contributed by atoms with Gasteiger partial charge in [0.05, 0.1) is 11.1 Å². The molecule has 0 aromatic carbocycles. The average molecular weight is 326 g/mol. The maximum Gasteiger partial charge on any atom is 0.313 e. The molecule has 0 unspecified atom stereocenters. The number of carboxylic acid groups (broad SMARTS) is 1. The van der Waals surface area contributed by atoms with E-state index in [0.717, 1.165) is 24.6 Å². The predicted molar refractivity (Wildman–Crippen MR) is 86.3 cm³/mol. The fourth-order valence-corrected chi connectivity index (χ4v) is 3.57. The Kier molecular flexibility index (Phi) is 5.41. The lowest BCUT2D eigenvalue weighted by atomic mass is 10.1. The maximum absolute atomic E-state index is 12.5. The summed E-state index contributed by atoms with van der Waals surface area (Å²) in [5.74, 6) is -0.420. The Balaban J connectivity index is 2.32. The van der Waals surface area contributed by atoms with Gasteiger partial charge in [-0.15, -0.1) is 11.3 Å². The highest BCUT2D eigenvalue weighted by atomic mass is 32.2. The maximum atomic E-state index is 12.5. The van der Waals surface area contributed by atoms with E-state index in [-0.39, 0.29) is 11.3 Å². The average Bonchev–Trinajstić information content (AvgIpc) is 2.87. The third kappa shape index (κ3) is 4.07. The predicted octanol–water partition coefficient (Wildman–Crippen LogP) is 3.07. The van der Waals surface area contributed by atoms with E-state index in [4.69, 9.17) is 5.11 Å². The first-order valence-electron chi connectivity index (χ1n) is 6.81. The number of aliphatic carboxylic acids is 1. The smallest absolute Gasteiger partial charge is 0.313 e. The third-order valence-electron chi connectivity index (χ3n) is 3.04. The van der Waals surface area contributed by atoms with Crippen LogP contribution in [0.25, 0.3) is 10.2 Å². The molecule has 0 fully saturated rings. The molecule has 2 aromatic rings. The van der Waals surface area contributed by atoms with Crippen molar-refractivity contribution in [3.05, 3.63) is 21.8 Å². The fraction of sp³-hybridized carbons (Fsp3) is 0.500. The topological polar surface area (TPSA) is 72.2 Å². The summed E-state index contributed by atoms with van der Waals surface area (Å²) in [7, 11) is 0. The van der Waals surface area contributed by atoms with E-state index in [9.17, 15) is 9.59 Å². The fourth-order valence-electron chi connectivity index (χ4n) is 2.02. The monoisotopic (exact) mass is 326 g/mol. The molecule has 1 N–H and O–H groups in total. The second-order valence-electron chi connectivity index (χ2n) is 5.21. The van der Waals surface area contributed by atoms with Crippen LogP contribution in [0.2, 0.25) is 0 Å². The van der Waals surface area contributed by atoms with Gasteiger partial charge in [-0.3, -0.25) is 14.2 Å². The van der Waals surface area contributed by atoms with Crippen molar-refractivity contribution in [3.8, 4) is 0 Å². The van der Waals surface area contributed by atoms with E-state index < -0.39 is 5.97 Å². The van der Waals surface area contributed by atoms with E-state index in [1.165, 1.54) is 11.3 Å². The molecule has 5 nitrogen and oxygen atoms in total. The van der Waals surface area contributed by atoms with Gasteiger partial charge in [0.15, 0.2) is 5.16 Å². The van der Waals surface area contributed by atoms with Gasteiger partial charge >= 0.3 is 5.97 Å². The van der Waals surface area contributed by atoms with Gasteiger partial charge in [0.25, 0.3) is 5.56 Å². The Bertz CT molecular complexity index is 691. The zero-order chi connectivity index (χ0) is 15.4. The van der Waals surface area contributed by atoms with Crippen molar-refractivity contribution in [2.24, 2.45) is 5.92 Å². The van der Waals surface area contributed by atoms with Crippen molar-refractivity contribution in [2.45, 2.75) is 38.4 Å². The Morgan fingerprint density at radius 2 is 2.29 bits per heavy atom. The van der Waals surface area contributed by atoms with Crippen LogP contribution in [0.15, 0.2) is 21.4 Å². The Morgan fingerprint density at radius 1 is 1.52 bits per heavy atom. The minimum Gasteiger partial charge on any atom is -0.481 e. The molecule has 0 aliphatic rings. The largest absolute Gasteiger partial charge is 0.481 e. The van der Waals surface area contributed by atoms with Gasteiger partial charge in [0.2, 0.25) is 0 Å². The summed E-state index contributed by atoms with van der Waals surface area (Å²) in [4.78, 5) is 28.4. The lowest BCUT2D eigenvalue weighted by Gasteiger charge is -2.12. The molecule has 21 heavy (non-hydrogen) atoms. The van der Waals surface area contributed by atoms with Crippen LogP contribution < -0.4 is 5.56 Å². The van der Waals surface area contributed by atoms with Gasteiger partial charge in [-0.05, 0) is 30.2 Å². The highest BCUT2D eigenvalue weighted by molar-refractivity contribution is 7.99. The first kappa shape index (κ1) is 16.0. The molecule has 0 amide bonds.